The van der Waals surface area contributed by atoms with Gasteiger partial charge in [0.25, 0.3) is 11.6 Å². The molecule has 1 aliphatic rings. The van der Waals surface area contributed by atoms with E-state index >= 15 is 0 Å². The number of nitrogens with one attached hydrogen (secondary N) is 1. The average Bonchev–Trinajstić information content (AvgIpc) is 2.76. The number of carbonyl (C=O) groups is 1. The molecule has 0 fully saturated rings. The van der Waals surface area contributed by atoms with Gasteiger partial charge in [0.15, 0.2) is 0 Å². The predicted octanol–water partition coefficient (Wildman–Crippen LogP) is 3.89. The summed E-state index contributed by atoms with van der Waals surface area (Å²) >= 11 is 0. The number of anilines is 1. The first kappa shape index (κ1) is 20.5. The molecule has 2 heterocycles. The van der Waals surface area contributed by atoms with Crippen molar-refractivity contribution < 1.29 is 14.5 Å². The van der Waals surface area contributed by atoms with Crippen molar-refractivity contribution in [3.05, 3.63) is 98.7 Å². The van der Waals surface area contributed by atoms with E-state index in [2.05, 4.69) is 5.32 Å². The first-order valence-electron chi connectivity index (χ1n) is 9.83. The summed E-state index contributed by atoms with van der Waals surface area (Å²) in [6, 6.07) is 17.9. The van der Waals surface area contributed by atoms with E-state index in [0.29, 0.717) is 24.5 Å². The van der Waals surface area contributed by atoms with Crippen molar-refractivity contribution in [2.24, 2.45) is 0 Å². The first-order chi connectivity index (χ1) is 15.0. The smallest absolute Gasteiger partial charge is 0.269 e. The van der Waals surface area contributed by atoms with Crippen LogP contribution in [0, 0.1) is 17.0 Å². The summed E-state index contributed by atoms with van der Waals surface area (Å²) in [7, 11) is 1.59. The molecule has 31 heavy (non-hydrogen) atoms. The Bertz CT molecular complexity index is 1120. The minimum absolute atomic E-state index is 0.00255. The number of non-ortho nitro benzene ring substituents is 1. The highest BCUT2D eigenvalue weighted by Crippen LogP contribution is 2.35. The highest BCUT2D eigenvalue weighted by atomic mass is 16.6. The van der Waals surface area contributed by atoms with Gasteiger partial charge in [-0.15, -0.1) is 0 Å². The SMILES string of the molecule is COCc1cc(C)nc2c1C(=O)N[C@H](c1ccc([N+](=O)[O-])cc1)N2Cc1ccccc1. The van der Waals surface area contributed by atoms with Crippen LogP contribution in [0.15, 0.2) is 60.7 Å². The molecule has 1 amide bonds. The second kappa shape index (κ2) is 8.53. The Hall–Kier alpha value is -3.78. The summed E-state index contributed by atoms with van der Waals surface area (Å²) < 4.78 is 5.31. The standard InChI is InChI=1S/C23H22N4O4/c1-15-12-18(14-31-2)20-22(24-15)26(13-16-6-4-3-5-7-16)21(25-23(20)28)17-8-10-19(11-9-17)27(29)30/h3-12,21H,13-14H2,1-2H3,(H,25,28)/t21-/m0/s1. The Kier molecular flexibility index (Phi) is 5.64. The predicted molar refractivity (Wildman–Crippen MR) is 116 cm³/mol. The molecule has 3 aromatic rings. The van der Waals surface area contributed by atoms with Crippen molar-refractivity contribution in [1.29, 1.82) is 0 Å². The molecule has 8 nitrogen and oxygen atoms in total. The molecule has 4 rings (SSSR count). The minimum atomic E-state index is -0.522. The molecular formula is C23H22N4O4. The van der Waals surface area contributed by atoms with Gasteiger partial charge >= 0.3 is 0 Å². The maximum absolute atomic E-state index is 13.1. The van der Waals surface area contributed by atoms with Gasteiger partial charge in [-0.25, -0.2) is 4.98 Å². The molecule has 0 bridgehead atoms. The monoisotopic (exact) mass is 418 g/mol. The number of rotatable bonds is 6. The Morgan fingerprint density at radius 3 is 2.52 bits per heavy atom. The van der Waals surface area contributed by atoms with Gasteiger partial charge in [-0.1, -0.05) is 30.3 Å². The molecule has 0 spiro atoms. The van der Waals surface area contributed by atoms with E-state index in [0.717, 1.165) is 22.4 Å². The van der Waals surface area contributed by atoms with E-state index in [9.17, 15) is 14.9 Å². The van der Waals surface area contributed by atoms with Gasteiger partial charge in [0.2, 0.25) is 0 Å². The normalized spacial score (nSPS) is 15.4. The second-order valence-corrected chi connectivity index (χ2v) is 7.39. The van der Waals surface area contributed by atoms with E-state index < -0.39 is 11.1 Å². The lowest BCUT2D eigenvalue weighted by molar-refractivity contribution is -0.384. The summed E-state index contributed by atoms with van der Waals surface area (Å²) in [6.45, 7) is 2.67. The molecule has 8 heteroatoms. The van der Waals surface area contributed by atoms with E-state index in [4.69, 9.17) is 9.72 Å². The maximum atomic E-state index is 13.1. The molecule has 1 N–H and O–H groups in total. The number of carbonyl (C=O) groups excluding carboxylic acids is 1. The molecule has 0 aliphatic carbocycles. The van der Waals surface area contributed by atoms with Gasteiger partial charge in [-0.2, -0.15) is 0 Å². The number of hydrogen-bond donors (Lipinski definition) is 1. The van der Waals surface area contributed by atoms with Crippen LogP contribution in [0.3, 0.4) is 0 Å². The highest BCUT2D eigenvalue weighted by Gasteiger charge is 2.35. The van der Waals surface area contributed by atoms with Crippen LogP contribution in [0.2, 0.25) is 0 Å². The van der Waals surface area contributed by atoms with E-state index in [1.807, 2.05) is 48.2 Å². The lowest BCUT2D eigenvalue weighted by atomic mass is 10.0. The summed E-state index contributed by atoms with van der Waals surface area (Å²) in [4.78, 5) is 30.4. The molecule has 2 aromatic carbocycles. The molecule has 0 saturated carbocycles. The Morgan fingerprint density at radius 2 is 1.87 bits per heavy atom. The van der Waals surface area contributed by atoms with Gasteiger partial charge in [0, 0.05) is 31.5 Å². The number of fused-ring (bicyclic) bond motifs is 1. The van der Waals surface area contributed by atoms with Gasteiger partial charge < -0.3 is 15.0 Å². The number of pyridine rings is 1. The molecule has 0 unspecified atom stereocenters. The number of amides is 1. The van der Waals surface area contributed by atoms with Crippen molar-refractivity contribution >= 4 is 17.4 Å². The average molecular weight is 418 g/mol. The number of nitrogens with zero attached hydrogens (tertiary/aromatic N) is 3. The van der Waals surface area contributed by atoms with Gasteiger partial charge in [-0.05, 0) is 41.8 Å². The van der Waals surface area contributed by atoms with Crippen LogP contribution in [0.25, 0.3) is 0 Å². The summed E-state index contributed by atoms with van der Waals surface area (Å²) in [5, 5.41) is 14.1. The number of nitro groups is 1. The highest BCUT2D eigenvalue weighted by molar-refractivity contribution is 6.02. The van der Waals surface area contributed by atoms with Crippen LogP contribution in [0.5, 0.6) is 0 Å². The van der Waals surface area contributed by atoms with Gasteiger partial charge in [0.05, 0.1) is 17.1 Å². The van der Waals surface area contributed by atoms with E-state index in [1.165, 1.54) is 12.1 Å². The van der Waals surface area contributed by atoms with E-state index in [1.54, 1.807) is 19.2 Å². The molecule has 158 valence electrons. The zero-order valence-electron chi connectivity index (χ0n) is 17.2. The van der Waals surface area contributed by atoms with Crippen LogP contribution < -0.4 is 10.2 Å². The lowest BCUT2D eigenvalue weighted by Crippen LogP contribution is -2.47. The number of ether oxygens (including phenoxy) is 1. The third kappa shape index (κ3) is 4.10. The number of methoxy groups -OCH3 is 1. The van der Waals surface area contributed by atoms with Crippen LogP contribution in [0.4, 0.5) is 11.5 Å². The molecular weight excluding hydrogens is 396 g/mol. The summed E-state index contributed by atoms with van der Waals surface area (Å²) in [5.41, 5.74) is 3.81. The minimum Gasteiger partial charge on any atom is -0.380 e. The Labute approximate surface area is 179 Å². The quantitative estimate of drug-likeness (QED) is 0.482. The van der Waals surface area contributed by atoms with Crippen LogP contribution in [-0.2, 0) is 17.9 Å². The van der Waals surface area contributed by atoms with E-state index in [-0.39, 0.29) is 11.6 Å². The third-order valence-electron chi connectivity index (χ3n) is 5.20. The van der Waals surface area contributed by atoms with Crippen LogP contribution in [0.1, 0.15) is 38.9 Å². The molecule has 0 radical (unpaired) electrons. The Morgan fingerprint density at radius 1 is 1.16 bits per heavy atom. The van der Waals surface area contributed by atoms with Crippen molar-refractivity contribution in [1.82, 2.24) is 10.3 Å². The van der Waals surface area contributed by atoms with Crippen LogP contribution in [-0.4, -0.2) is 22.9 Å². The number of hydrogen-bond acceptors (Lipinski definition) is 6. The molecule has 1 aliphatic heterocycles. The second-order valence-electron chi connectivity index (χ2n) is 7.39. The van der Waals surface area contributed by atoms with Crippen molar-refractivity contribution in [2.45, 2.75) is 26.2 Å². The van der Waals surface area contributed by atoms with Gasteiger partial charge in [0.1, 0.15) is 12.0 Å². The van der Waals surface area contributed by atoms with Crippen LogP contribution >= 0.6 is 0 Å². The first-order valence-corrected chi connectivity index (χ1v) is 9.83. The maximum Gasteiger partial charge on any atom is 0.269 e. The zero-order chi connectivity index (χ0) is 22.0. The number of aryl methyl sites for hydroxylation is 1. The fourth-order valence-electron chi connectivity index (χ4n) is 3.83. The molecule has 1 atom stereocenters. The summed E-state index contributed by atoms with van der Waals surface area (Å²) in [6.07, 6.45) is -0.522. The molecule has 1 aromatic heterocycles. The molecule has 0 saturated heterocycles. The number of benzene rings is 2. The Balaban J connectivity index is 1.83. The number of nitro benzene ring substituents is 1. The zero-order valence-corrected chi connectivity index (χ0v) is 17.2. The van der Waals surface area contributed by atoms with Gasteiger partial charge in [-0.3, -0.25) is 14.9 Å². The number of aromatic nitrogens is 1. The fourth-order valence-corrected chi connectivity index (χ4v) is 3.83. The topological polar surface area (TPSA) is 97.6 Å². The summed E-state index contributed by atoms with van der Waals surface area (Å²) in [5.74, 6) is 0.324. The van der Waals surface area contributed by atoms with Crippen molar-refractivity contribution in [3.63, 3.8) is 0 Å². The van der Waals surface area contributed by atoms with Crippen molar-refractivity contribution in [3.8, 4) is 0 Å². The third-order valence-corrected chi connectivity index (χ3v) is 5.20. The fraction of sp³-hybridized carbons (Fsp3) is 0.217. The largest absolute Gasteiger partial charge is 0.380 e. The lowest BCUT2D eigenvalue weighted by Gasteiger charge is -2.39. The van der Waals surface area contributed by atoms with Crippen molar-refractivity contribution in [2.75, 3.05) is 12.0 Å².